The first kappa shape index (κ1) is 66.7. The van der Waals surface area contributed by atoms with E-state index in [0.717, 1.165) is 66.8 Å². The maximum atomic E-state index is 11.7. The number of methoxy groups -OCH3 is 1. The van der Waals surface area contributed by atoms with Crippen LogP contribution < -0.4 is 9.47 Å². The summed E-state index contributed by atoms with van der Waals surface area (Å²) in [6, 6.07) is 82.9. The molecule has 0 aliphatic carbocycles. The molecular formula is C81H70N6O9. The molecule has 2 unspecified atom stereocenters. The second-order valence-corrected chi connectivity index (χ2v) is 22.4. The van der Waals surface area contributed by atoms with Crippen LogP contribution in [-0.4, -0.2) is 89.7 Å². The smallest absolute Gasteiger partial charge is 0.333 e. The number of aliphatic hydroxyl groups is 1. The Kier molecular flexibility index (Phi) is 22.2. The molecule has 96 heavy (non-hydrogen) atoms. The van der Waals surface area contributed by atoms with Gasteiger partial charge in [-0.2, -0.15) is 0 Å². The predicted molar refractivity (Wildman–Crippen MR) is 377 cm³/mol. The number of hydrogen-bond donors (Lipinski definition) is 3. The standard InChI is InChI=1S/C40H33N3O4.C36H29N3O3.C5H8O2/c1-26(2)40(45)46-25-27(3)47-34-22-23-35(36(44)24-34)39-42-37(32-18-14-30(15-19-32)28-10-6-4-7-11-28)41-38(43-39)33-20-16-31(17-21-33)29-12-8-5-9-13-29;1-24(23-40)42-31-20-21-32(33(41)22-31)36-38-34(29-16-12-27(13-17-29)25-8-4-2-5-9-25)37-35(39-36)30-18-14-28(15-19-30)26-10-6-3-7-11-26;1-4(2)5(6)7-3/h4-24,27,44H,1,25H2,2-3H3;2-22,24,40-41H,23H2,1H3;1H2,2-3H3. The number of carbonyl (C=O) groups excluding carboxylic acids is 2. The van der Waals surface area contributed by atoms with Crippen LogP contribution in [0.15, 0.2) is 279 Å². The van der Waals surface area contributed by atoms with E-state index in [2.05, 4.69) is 66.4 Å². The lowest BCUT2D eigenvalue weighted by Gasteiger charge is -2.16. The van der Waals surface area contributed by atoms with Crippen LogP contribution in [0.5, 0.6) is 23.0 Å². The maximum absolute atomic E-state index is 11.7. The van der Waals surface area contributed by atoms with Gasteiger partial charge in [-0.3, -0.25) is 0 Å². The van der Waals surface area contributed by atoms with Crippen molar-refractivity contribution in [3.63, 3.8) is 0 Å². The highest BCUT2D eigenvalue weighted by molar-refractivity contribution is 5.87. The third-order valence-corrected chi connectivity index (χ3v) is 15.0. The summed E-state index contributed by atoms with van der Waals surface area (Å²) in [5.41, 5.74) is 13.7. The molecule has 12 rings (SSSR count). The summed E-state index contributed by atoms with van der Waals surface area (Å²) in [7, 11) is 1.33. The number of ether oxygens (including phenoxy) is 4. The molecule has 10 aromatic carbocycles. The average molecular weight is 1270 g/mol. The van der Waals surface area contributed by atoms with Gasteiger partial charge in [-0.05, 0) is 96.5 Å². The van der Waals surface area contributed by atoms with E-state index in [-0.39, 0.29) is 30.7 Å². The minimum absolute atomic E-state index is 0.0282. The highest BCUT2D eigenvalue weighted by Gasteiger charge is 2.20. The molecule has 0 aliphatic rings. The first-order valence-corrected chi connectivity index (χ1v) is 30.9. The molecule has 478 valence electrons. The first-order chi connectivity index (χ1) is 46.6. The average Bonchev–Trinajstić information content (AvgIpc) is 0.821. The Labute approximate surface area is 558 Å². The summed E-state index contributed by atoms with van der Waals surface area (Å²) < 4.78 is 21.0. The van der Waals surface area contributed by atoms with Crippen LogP contribution in [0.25, 0.3) is 113 Å². The first-order valence-electron chi connectivity index (χ1n) is 30.9. The number of phenolic OH excluding ortho intramolecular Hbond substituents is 2. The van der Waals surface area contributed by atoms with Gasteiger partial charge in [-0.15, -0.1) is 0 Å². The fraction of sp³-hybridized carbons (Fsp3) is 0.111. The van der Waals surface area contributed by atoms with Gasteiger partial charge in [-0.25, -0.2) is 39.5 Å². The van der Waals surface area contributed by atoms with Gasteiger partial charge in [-0.1, -0.05) is 232 Å². The summed E-state index contributed by atoms with van der Waals surface area (Å²) in [6.45, 7) is 13.6. The molecule has 0 bridgehead atoms. The molecule has 2 atom stereocenters. The van der Waals surface area contributed by atoms with E-state index in [1.165, 1.54) is 19.2 Å². The van der Waals surface area contributed by atoms with Crippen LogP contribution in [0.3, 0.4) is 0 Å². The van der Waals surface area contributed by atoms with Crippen molar-refractivity contribution in [2.45, 2.75) is 39.9 Å². The van der Waals surface area contributed by atoms with Crippen LogP contribution in [0.2, 0.25) is 0 Å². The van der Waals surface area contributed by atoms with Crippen molar-refractivity contribution in [3.8, 4) is 136 Å². The second-order valence-electron chi connectivity index (χ2n) is 22.4. The van der Waals surface area contributed by atoms with Gasteiger partial charge < -0.3 is 34.3 Å². The normalized spacial score (nSPS) is 11.3. The van der Waals surface area contributed by atoms with E-state index in [4.69, 9.17) is 44.1 Å². The minimum atomic E-state index is -0.482. The maximum Gasteiger partial charge on any atom is 0.333 e. The molecule has 15 heteroatoms. The quantitative estimate of drug-likeness (QED) is 0.0508. The molecule has 2 heterocycles. The Morgan fingerprint density at radius 1 is 0.365 bits per heavy atom. The Morgan fingerprint density at radius 3 is 0.875 bits per heavy atom. The lowest BCUT2D eigenvalue weighted by molar-refractivity contribution is -0.141. The fourth-order valence-electron chi connectivity index (χ4n) is 9.85. The summed E-state index contributed by atoms with van der Waals surface area (Å²) in [4.78, 5) is 50.8. The van der Waals surface area contributed by atoms with Crippen molar-refractivity contribution >= 4 is 11.9 Å². The molecule has 3 N–H and O–H groups in total. The van der Waals surface area contributed by atoms with Gasteiger partial charge in [0.25, 0.3) is 0 Å². The number of carbonyl (C=O) groups is 2. The molecule has 15 nitrogen and oxygen atoms in total. The zero-order valence-electron chi connectivity index (χ0n) is 53.7. The fourth-order valence-corrected chi connectivity index (χ4v) is 9.85. The number of phenols is 2. The summed E-state index contributed by atoms with van der Waals surface area (Å²) in [5.74, 6) is 2.54. The number of hydrogen-bond acceptors (Lipinski definition) is 15. The lowest BCUT2D eigenvalue weighted by atomic mass is 10.0. The SMILES string of the molecule is C=C(C)C(=O)OC.C=C(C)C(=O)OCC(C)Oc1ccc(-c2nc(-c3ccc(-c4ccccc4)cc3)nc(-c3ccc(-c4ccccc4)cc3)n2)c(O)c1.CC(CO)Oc1ccc(-c2nc(-c3ccc(-c4ccccc4)cc3)nc(-c3ccc(-c4ccccc4)cc3)n2)c(O)c1. The van der Waals surface area contributed by atoms with Gasteiger partial charge in [0.05, 0.1) is 24.8 Å². The largest absolute Gasteiger partial charge is 0.507 e. The molecule has 0 radical (unpaired) electrons. The monoisotopic (exact) mass is 1270 g/mol. The lowest BCUT2D eigenvalue weighted by Crippen LogP contribution is -2.21. The van der Waals surface area contributed by atoms with Gasteiger partial charge in [0.1, 0.15) is 41.8 Å². The summed E-state index contributed by atoms with van der Waals surface area (Å²) in [5, 5.41) is 31.4. The van der Waals surface area contributed by atoms with Gasteiger partial charge in [0.2, 0.25) is 0 Å². The molecular weight excluding hydrogens is 1200 g/mol. The predicted octanol–water partition coefficient (Wildman–Crippen LogP) is 17.2. The third kappa shape index (κ3) is 17.5. The van der Waals surface area contributed by atoms with Crippen LogP contribution >= 0.6 is 0 Å². The minimum Gasteiger partial charge on any atom is -0.507 e. The second kappa shape index (κ2) is 31.9. The van der Waals surface area contributed by atoms with Crippen molar-refractivity contribution in [1.29, 1.82) is 0 Å². The third-order valence-electron chi connectivity index (χ3n) is 15.0. The van der Waals surface area contributed by atoms with E-state index in [9.17, 15) is 24.9 Å². The number of aromatic nitrogens is 6. The van der Waals surface area contributed by atoms with Crippen molar-refractivity contribution < 1.29 is 43.9 Å². The van der Waals surface area contributed by atoms with E-state index in [1.807, 2.05) is 170 Å². The molecule has 0 fully saturated rings. The molecule has 0 aliphatic heterocycles. The summed E-state index contributed by atoms with van der Waals surface area (Å²) in [6.07, 6.45) is -0.847. The van der Waals surface area contributed by atoms with Crippen molar-refractivity contribution in [3.05, 3.63) is 279 Å². The summed E-state index contributed by atoms with van der Waals surface area (Å²) >= 11 is 0. The zero-order valence-corrected chi connectivity index (χ0v) is 53.7. The van der Waals surface area contributed by atoms with Crippen LogP contribution in [0.1, 0.15) is 27.7 Å². The number of rotatable bonds is 19. The Bertz CT molecular complexity index is 4420. The molecule has 12 aromatic rings. The number of aliphatic hydroxyl groups excluding tert-OH is 1. The van der Waals surface area contributed by atoms with E-state index in [1.54, 1.807) is 52.0 Å². The van der Waals surface area contributed by atoms with Gasteiger partial charge in [0, 0.05) is 45.5 Å². The molecule has 0 amide bonds. The molecule has 0 spiro atoms. The highest BCUT2D eigenvalue weighted by Crippen LogP contribution is 2.37. The molecule has 2 aromatic heterocycles. The van der Waals surface area contributed by atoms with Crippen molar-refractivity contribution in [1.82, 2.24) is 29.9 Å². The zero-order chi connectivity index (χ0) is 67.5. The van der Waals surface area contributed by atoms with E-state index >= 15 is 0 Å². The highest BCUT2D eigenvalue weighted by atomic mass is 16.6. The van der Waals surface area contributed by atoms with Crippen LogP contribution in [0.4, 0.5) is 0 Å². The Balaban J connectivity index is 0.000000191. The van der Waals surface area contributed by atoms with Gasteiger partial charge in [0.15, 0.2) is 34.9 Å². The Morgan fingerprint density at radius 2 is 0.625 bits per heavy atom. The van der Waals surface area contributed by atoms with Gasteiger partial charge >= 0.3 is 11.9 Å². The van der Waals surface area contributed by atoms with Crippen LogP contribution in [-0.2, 0) is 19.1 Å². The number of nitrogens with zero attached hydrogens (tertiary/aromatic N) is 6. The topological polar surface area (TPSA) is 209 Å². The van der Waals surface area contributed by atoms with Crippen molar-refractivity contribution in [2.75, 3.05) is 20.3 Å². The van der Waals surface area contributed by atoms with Crippen LogP contribution in [0, 0.1) is 0 Å². The number of benzene rings is 10. The number of esters is 2. The molecule has 0 saturated heterocycles. The van der Waals surface area contributed by atoms with E-state index in [0.29, 0.717) is 68.7 Å². The number of aromatic hydroxyl groups is 2. The van der Waals surface area contributed by atoms with E-state index < -0.39 is 18.2 Å². The molecule has 0 saturated carbocycles. The Hall–Kier alpha value is -12.2. The van der Waals surface area contributed by atoms with Crippen molar-refractivity contribution in [2.24, 2.45) is 0 Å².